The van der Waals surface area contributed by atoms with Gasteiger partial charge in [0.05, 0.1) is 22.9 Å². The molecule has 22 heavy (non-hydrogen) atoms. The molecule has 3 aromatic rings. The zero-order valence-corrected chi connectivity index (χ0v) is 12.8. The first-order chi connectivity index (χ1) is 10.8. The van der Waals surface area contributed by atoms with E-state index >= 15 is 0 Å². The molecular formula is C18H20N4. The van der Waals surface area contributed by atoms with Crippen molar-refractivity contribution in [3.05, 3.63) is 59.8 Å². The maximum absolute atomic E-state index is 4.65. The number of rotatable bonds is 3. The van der Waals surface area contributed by atoms with Gasteiger partial charge >= 0.3 is 0 Å². The molecule has 1 aliphatic carbocycles. The first kappa shape index (κ1) is 13.5. The molecule has 0 saturated heterocycles. The molecule has 1 atom stereocenters. The van der Waals surface area contributed by atoms with Gasteiger partial charge in [0.25, 0.3) is 0 Å². The summed E-state index contributed by atoms with van der Waals surface area (Å²) in [7, 11) is 2.18. The lowest BCUT2D eigenvalue weighted by molar-refractivity contribution is 0.207. The van der Waals surface area contributed by atoms with Crippen LogP contribution in [-0.4, -0.2) is 26.9 Å². The minimum Gasteiger partial charge on any atom is -0.360 e. The summed E-state index contributed by atoms with van der Waals surface area (Å²) in [6, 6.07) is 8.79. The number of aryl methyl sites for hydroxylation is 1. The fourth-order valence-corrected chi connectivity index (χ4v) is 3.52. The van der Waals surface area contributed by atoms with Crippen LogP contribution in [0.1, 0.15) is 35.8 Å². The van der Waals surface area contributed by atoms with E-state index in [1.54, 1.807) is 0 Å². The molecule has 0 aromatic carbocycles. The summed E-state index contributed by atoms with van der Waals surface area (Å²) in [6.45, 7) is 0.832. The van der Waals surface area contributed by atoms with E-state index in [0.29, 0.717) is 6.04 Å². The number of nitrogens with zero attached hydrogens (tertiary/aromatic N) is 3. The smallest absolute Gasteiger partial charge is 0.0784 e. The van der Waals surface area contributed by atoms with E-state index in [-0.39, 0.29) is 0 Å². The van der Waals surface area contributed by atoms with Crippen LogP contribution >= 0.6 is 0 Å². The molecular weight excluding hydrogens is 272 g/mol. The van der Waals surface area contributed by atoms with Gasteiger partial charge in [-0.25, -0.2) is 0 Å². The van der Waals surface area contributed by atoms with Crippen molar-refractivity contribution < 1.29 is 0 Å². The third-order valence-corrected chi connectivity index (χ3v) is 4.65. The van der Waals surface area contributed by atoms with Crippen molar-refractivity contribution in [3.8, 4) is 0 Å². The predicted octanol–water partition coefficient (Wildman–Crippen LogP) is 3.47. The Kier molecular flexibility index (Phi) is 3.39. The second-order valence-corrected chi connectivity index (χ2v) is 6.07. The molecule has 0 fully saturated rings. The fraction of sp³-hybridized carbons (Fsp3) is 0.333. The lowest BCUT2D eigenvalue weighted by Crippen LogP contribution is -2.28. The Morgan fingerprint density at radius 1 is 1.23 bits per heavy atom. The van der Waals surface area contributed by atoms with Gasteiger partial charge < -0.3 is 4.98 Å². The molecule has 0 saturated carbocycles. The van der Waals surface area contributed by atoms with Gasteiger partial charge in [-0.3, -0.25) is 14.9 Å². The molecule has 4 rings (SSSR count). The first-order valence-electron chi connectivity index (χ1n) is 7.88. The molecule has 0 bridgehead atoms. The zero-order chi connectivity index (χ0) is 14.9. The number of fused-ring (bicyclic) bond motifs is 2. The van der Waals surface area contributed by atoms with Crippen molar-refractivity contribution in [2.45, 2.75) is 31.8 Å². The van der Waals surface area contributed by atoms with Crippen molar-refractivity contribution in [2.24, 2.45) is 0 Å². The molecule has 112 valence electrons. The number of aromatic amines is 1. The summed E-state index contributed by atoms with van der Waals surface area (Å²) >= 11 is 0. The van der Waals surface area contributed by atoms with E-state index < -0.39 is 0 Å². The largest absolute Gasteiger partial charge is 0.360 e. The van der Waals surface area contributed by atoms with Crippen LogP contribution in [0.4, 0.5) is 0 Å². The first-order valence-corrected chi connectivity index (χ1v) is 7.88. The second kappa shape index (κ2) is 5.54. The fourth-order valence-electron chi connectivity index (χ4n) is 3.52. The molecule has 3 heterocycles. The number of aromatic nitrogens is 3. The highest BCUT2D eigenvalue weighted by Gasteiger charge is 2.25. The number of hydrogen-bond acceptors (Lipinski definition) is 3. The summed E-state index contributed by atoms with van der Waals surface area (Å²) in [6.07, 6.45) is 9.34. The summed E-state index contributed by atoms with van der Waals surface area (Å²) in [5, 5.41) is 1.22. The Balaban J connectivity index is 1.63. The minimum absolute atomic E-state index is 0.386. The third kappa shape index (κ3) is 2.29. The molecule has 1 aliphatic rings. The standard InChI is InChI=1S/C18H20N4/c1-22(12-15-17-14(7-10-19-15)8-11-21-17)16-6-2-4-13-5-3-9-20-18(13)16/h3,5,7-11,16,21H,2,4,6,12H2,1H3. The molecule has 0 spiro atoms. The van der Waals surface area contributed by atoms with Crippen molar-refractivity contribution in [1.29, 1.82) is 0 Å². The van der Waals surface area contributed by atoms with Gasteiger partial charge in [0.15, 0.2) is 0 Å². The zero-order valence-electron chi connectivity index (χ0n) is 12.8. The van der Waals surface area contributed by atoms with Crippen LogP contribution in [0, 0.1) is 0 Å². The maximum Gasteiger partial charge on any atom is 0.0784 e. The van der Waals surface area contributed by atoms with E-state index in [9.17, 15) is 0 Å². The summed E-state index contributed by atoms with van der Waals surface area (Å²) in [5.41, 5.74) is 4.89. The number of H-pyrrole nitrogens is 1. The van der Waals surface area contributed by atoms with Crippen molar-refractivity contribution in [3.63, 3.8) is 0 Å². The van der Waals surface area contributed by atoms with Crippen LogP contribution in [0.15, 0.2) is 42.9 Å². The van der Waals surface area contributed by atoms with E-state index in [2.05, 4.69) is 39.0 Å². The second-order valence-electron chi connectivity index (χ2n) is 6.07. The minimum atomic E-state index is 0.386. The molecule has 3 aromatic heterocycles. The summed E-state index contributed by atoms with van der Waals surface area (Å²) in [4.78, 5) is 14.9. The van der Waals surface area contributed by atoms with Crippen LogP contribution in [0.2, 0.25) is 0 Å². The van der Waals surface area contributed by atoms with Crippen molar-refractivity contribution >= 4 is 10.9 Å². The molecule has 0 amide bonds. The molecule has 0 radical (unpaired) electrons. The maximum atomic E-state index is 4.65. The topological polar surface area (TPSA) is 44.8 Å². The molecule has 1 unspecified atom stereocenters. The lowest BCUT2D eigenvalue weighted by Gasteiger charge is -2.32. The Labute approximate surface area is 130 Å². The van der Waals surface area contributed by atoms with E-state index in [4.69, 9.17) is 0 Å². The molecule has 4 heteroatoms. The Morgan fingerprint density at radius 3 is 3.14 bits per heavy atom. The van der Waals surface area contributed by atoms with Gasteiger partial charge in [0.1, 0.15) is 0 Å². The quantitative estimate of drug-likeness (QED) is 0.804. The van der Waals surface area contributed by atoms with Gasteiger partial charge in [-0.2, -0.15) is 0 Å². The van der Waals surface area contributed by atoms with Crippen LogP contribution in [0.5, 0.6) is 0 Å². The lowest BCUT2D eigenvalue weighted by atomic mass is 9.91. The van der Waals surface area contributed by atoms with Gasteiger partial charge in [-0.15, -0.1) is 0 Å². The van der Waals surface area contributed by atoms with Crippen molar-refractivity contribution in [2.75, 3.05) is 7.05 Å². The normalized spacial score (nSPS) is 17.8. The average Bonchev–Trinajstić information content (AvgIpc) is 3.04. The predicted molar refractivity (Wildman–Crippen MR) is 87.5 cm³/mol. The highest BCUT2D eigenvalue weighted by atomic mass is 15.1. The van der Waals surface area contributed by atoms with E-state index in [0.717, 1.165) is 24.2 Å². The number of pyridine rings is 2. The highest BCUT2D eigenvalue weighted by Crippen LogP contribution is 2.32. The van der Waals surface area contributed by atoms with Gasteiger partial charge in [-0.1, -0.05) is 6.07 Å². The van der Waals surface area contributed by atoms with Crippen LogP contribution < -0.4 is 0 Å². The van der Waals surface area contributed by atoms with Crippen LogP contribution in [0.3, 0.4) is 0 Å². The third-order valence-electron chi connectivity index (χ3n) is 4.65. The molecule has 0 aliphatic heterocycles. The Hall–Kier alpha value is -2.20. The van der Waals surface area contributed by atoms with Gasteiger partial charge in [0, 0.05) is 30.5 Å². The van der Waals surface area contributed by atoms with Gasteiger partial charge in [-0.05, 0) is 50.1 Å². The number of nitrogens with one attached hydrogen (secondary N) is 1. The molecule has 4 nitrogen and oxygen atoms in total. The summed E-state index contributed by atoms with van der Waals surface area (Å²) < 4.78 is 0. The monoisotopic (exact) mass is 292 g/mol. The Morgan fingerprint density at radius 2 is 2.18 bits per heavy atom. The number of hydrogen-bond donors (Lipinski definition) is 1. The van der Waals surface area contributed by atoms with E-state index in [1.165, 1.54) is 29.5 Å². The van der Waals surface area contributed by atoms with Crippen LogP contribution in [0.25, 0.3) is 10.9 Å². The average molecular weight is 292 g/mol. The van der Waals surface area contributed by atoms with Gasteiger partial charge in [0.2, 0.25) is 0 Å². The van der Waals surface area contributed by atoms with Crippen LogP contribution in [-0.2, 0) is 13.0 Å². The van der Waals surface area contributed by atoms with Crippen molar-refractivity contribution in [1.82, 2.24) is 19.9 Å². The van der Waals surface area contributed by atoms with E-state index in [1.807, 2.05) is 30.7 Å². The Bertz CT molecular complexity index is 792. The highest BCUT2D eigenvalue weighted by molar-refractivity contribution is 5.80. The summed E-state index contributed by atoms with van der Waals surface area (Å²) in [5.74, 6) is 0. The molecule has 1 N–H and O–H groups in total. The SMILES string of the molecule is CN(Cc1nccc2cc[nH]c12)C1CCCc2cccnc21.